The smallest absolute Gasteiger partial charge is 0.407 e. The second-order valence-corrected chi connectivity index (χ2v) is 7.62. The molecule has 0 radical (unpaired) electrons. The fourth-order valence-corrected chi connectivity index (χ4v) is 3.24. The minimum Gasteiger partial charge on any atom is -0.444 e. The van der Waals surface area contributed by atoms with Crippen LogP contribution >= 0.6 is 0 Å². The Morgan fingerprint density at radius 2 is 2.13 bits per heavy atom. The molecule has 0 unspecified atom stereocenters. The van der Waals surface area contributed by atoms with Crippen molar-refractivity contribution in [3.63, 3.8) is 0 Å². The molecule has 5 nitrogen and oxygen atoms in total. The molecule has 2 aliphatic rings. The van der Waals surface area contributed by atoms with Crippen molar-refractivity contribution in [2.75, 3.05) is 26.3 Å². The Bertz CT molecular complexity index is 415. The summed E-state index contributed by atoms with van der Waals surface area (Å²) in [5.74, 6) is 0.473. The van der Waals surface area contributed by atoms with E-state index in [2.05, 4.69) is 16.7 Å². The highest BCUT2D eigenvalue weighted by Gasteiger charge is 2.26. The van der Waals surface area contributed by atoms with Crippen molar-refractivity contribution < 1.29 is 14.3 Å². The van der Waals surface area contributed by atoms with E-state index in [1.54, 1.807) is 0 Å². The Labute approximate surface area is 140 Å². The van der Waals surface area contributed by atoms with E-state index in [4.69, 9.17) is 9.47 Å². The number of carbonyl (C=O) groups excluding carboxylic acids is 1. The van der Waals surface area contributed by atoms with Gasteiger partial charge in [-0.25, -0.2) is 4.79 Å². The first-order valence-corrected chi connectivity index (χ1v) is 8.90. The number of hydrogen-bond donors (Lipinski definition) is 2. The first-order chi connectivity index (χ1) is 10.9. The summed E-state index contributed by atoms with van der Waals surface area (Å²) in [5, 5.41) is 6.61. The molecule has 5 heteroatoms. The Morgan fingerprint density at radius 3 is 2.83 bits per heavy atom. The summed E-state index contributed by atoms with van der Waals surface area (Å²) < 4.78 is 10.8. The minimum absolute atomic E-state index is 0.315. The molecule has 0 aromatic rings. The van der Waals surface area contributed by atoms with Crippen LogP contribution in [0.25, 0.3) is 0 Å². The Kier molecular flexibility index (Phi) is 6.90. The summed E-state index contributed by atoms with van der Waals surface area (Å²) in [6.07, 6.45) is 7.82. The van der Waals surface area contributed by atoms with Gasteiger partial charge in [-0.05, 0) is 51.5 Å². The zero-order valence-electron chi connectivity index (χ0n) is 14.8. The third kappa shape index (κ3) is 6.92. The van der Waals surface area contributed by atoms with Crippen molar-refractivity contribution in [3.05, 3.63) is 11.6 Å². The summed E-state index contributed by atoms with van der Waals surface area (Å²) in [5.41, 5.74) is 0.905. The number of rotatable bonds is 5. The fourth-order valence-electron chi connectivity index (χ4n) is 3.24. The van der Waals surface area contributed by atoms with Gasteiger partial charge in [0.2, 0.25) is 0 Å². The van der Waals surface area contributed by atoms with Crippen LogP contribution in [0.4, 0.5) is 4.79 Å². The molecule has 0 bridgehead atoms. The molecule has 1 heterocycles. The van der Waals surface area contributed by atoms with Crippen LogP contribution in [0.1, 0.15) is 52.9 Å². The molecule has 0 aromatic carbocycles. The van der Waals surface area contributed by atoms with Crippen LogP contribution in [0.15, 0.2) is 11.6 Å². The Morgan fingerprint density at radius 1 is 1.35 bits per heavy atom. The third-order valence-electron chi connectivity index (χ3n) is 4.39. The van der Waals surface area contributed by atoms with E-state index >= 15 is 0 Å². The molecule has 1 aliphatic carbocycles. The van der Waals surface area contributed by atoms with Gasteiger partial charge in [-0.3, -0.25) is 0 Å². The van der Waals surface area contributed by atoms with E-state index in [1.165, 1.54) is 24.8 Å². The maximum Gasteiger partial charge on any atom is 0.407 e. The van der Waals surface area contributed by atoms with Crippen LogP contribution < -0.4 is 10.6 Å². The van der Waals surface area contributed by atoms with Crippen molar-refractivity contribution in [2.45, 2.75) is 64.5 Å². The fraction of sp³-hybridized carbons (Fsp3) is 0.833. The molecule has 1 amide bonds. The van der Waals surface area contributed by atoms with E-state index in [9.17, 15) is 4.79 Å². The van der Waals surface area contributed by atoms with Crippen molar-refractivity contribution in [3.8, 4) is 0 Å². The first-order valence-electron chi connectivity index (χ1n) is 8.90. The van der Waals surface area contributed by atoms with Gasteiger partial charge in [0, 0.05) is 19.1 Å². The molecule has 23 heavy (non-hydrogen) atoms. The van der Waals surface area contributed by atoms with Crippen LogP contribution in [-0.4, -0.2) is 44.0 Å². The lowest BCUT2D eigenvalue weighted by atomic mass is 9.84. The SMILES string of the molecule is CC(C)(C)OC(=O)NC[C@@H]1CCCC[C@H]1NCC1=CCCOC1. The molecule has 0 spiro atoms. The highest BCUT2D eigenvalue weighted by atomic mass is 16.6. The van der Waals surface area contributed by atoms with Crippen LogP contribution in [0.2, 0.25) is 0 Å². The quantitative estimate of drug-likeness (QED) is 0.763. The summed E-state index contributed by atoms with van der Waals surface area (Å²) in [7, 11) is 0. The highest BCUT2D eigenvalue weighted by Crippen LogP contribution is 2.24. The monoisotopic (exact) mass is 324 g/mol. The van der Waals surface area contributed by atoms with Gasteiger partial charge in [-0.2, -0.15) is 0 Å². The normalized spacial score (nSPS) is 25.6. The summed E-state index contributed by atoms with van der Waals surface area (Å²) >= 11 is 0. The molecule has 2 N–H and O–H groups in total. The number of amides is 1. The van der Waals surface area contributed by atoms with Gasteiger partial charge in [-0.1, -0.05) is 18.9 Å². The average molecular weight is 324 g/mol. The van der Waals surface area contributed by atoms with Crippen LogP contribution in [0.3, 0.4) is 0 Å². The van der Waals surface area contributed by atoms with E-state index < -0.39 is 5.60 Å². The number of hydrogen-bond acceptors (Lipinski definition) is 4. The van der Waals surface area contributed by atoms with Gasteiger partial charge in [0.05, 0.1) is 13.2 Å². The number of alkyl carbamates (subject to hydrolysis) is 1. The topological polar surface area (TPSA) is 59.6 Å². The molecule has 1 aliphatic heterocycles. The van der Waals surface area contributed by atoms with Crippen molar-refractivity contribution >= 4 is 6.09 Å². The third-order valence-corrected chi connectivity index (χ3v) is 4.39. The molecule has 2 rings (SSSR count). The number of nitrogens with one attached hydrogen (secondary N) is 2. The van der Waals surface area contributed by atoms with Crippen LogP contribution in [0, 0.1) is 5.92 Å². The average Bonchev–Trinajstić information content (AvgIpc) is 2.51. The van der Waals surface area contributed by atoms with Gasteiger partial charge in [0.15, 0.2) is 0 Å². The summed E-state index contributed by atoms with van der Waals surface area (Å²) in [4.78, 5) is 11.8. The van der Waals surface area contributed by atoms with Gasteiger partial charge in [0.1, 0.15) is 5.60 Å². The summed E-state index contributed by atoms with van der Waals surface area (Å²) in [6, 6.07) is 0.460. The molecule has 1 fully saturated rings. The standard InChI is InChI=1S/C18H32N2O3/c1-18(2,3)23-17(21)20-12-15-8-4-5-9-16(15)19-11-14-7-6-10-22-13-14/h7,15-16,19H,4-6,8-13H2,1-3H3,(H,20,21)/t15-,16+/m0/s1. The molecular formula is C18H32N2O3. The van der Waals surface area contributed by atoms with Gasteiger partial charge >= 0.3 is 6.09 Å². The maximum absolute atomic E-state index is 11.8. The molecule has 132 valence electrons. The highest BCUT2D eigenvalue weighted by molar-refractivity contribution is 5.67. The predicted octanol–water partition coefficient (Wildman–Crippen LogP) is 3.01. The maximum atomic E-state index is 11.8. The largest absolute Gasteiger partial charge is 0.444 e. The lowest BCUT2D eigenvalue weighted by Crippen LogP contribution is -2.45. The molecular weight excluding hydrogens is 292 g/mol. The summed E-state index contributed by atoms with van der Waals surface area (Å²) in [6.45, 7) is 8.83. The van der Waals surface area contributed by atoms with Gasteiger partial charge in [0.25, 0.3) is 0 Å². The molecule has 0 aromatic heterocycles. The molecule has 2 atom stereocenters. The Hall–Kier alpha value is -1.07. The lowest BCUT2D eigenvalue weighted by molar-refractivity contribution is 0.0511. The lowest BCUT2D eigenvalue weighted by Gasteiger charge is -2.33. The van der Waals surface area contributed by atoms with E-state index in [1.807, 2.05) is 20.8 Å². The van der Waals surface area contributed by atoms with E-state index in [0.717, 1.165) is 32.6 Å². The zero-order valence-corrected chi connectivity index (χ0v) is 14.8. The van der Waals surface area contributed by atoms with E-state index in [0.29, 0.717) is 18.5 Å². The second-order valence-electron chi connectivity index (χ2n) is 7.62. The first kappa shape index (κ1) is 18.3. The predicted molar refractivity (Wildman–Crippen MR) is 91.5 cm³/mol. The number of carbonyl (C=O) groups is 1. The van der Waals surface area contributed by atoms with Crippen molar-refractivity contribution in [1.82, 2.24) is 10.6 Å². The van der Waals surface area contributed by atoms with Crippen LogP contribution in [-0.2, 0) is 9.47 Å². The minimum atomic E-state index is -0.443. The van der Waals surface area contributed by atoms with E-state index in [-0.39, 0.29) is 6.09 Å². The second kappa shape index (κ2) is 8.69. The molecule has 1 saturated carbocycles. The van der Waals surface area contributed by atoms with Crippen molar-refractivity contribution in [2.24, 2.45) is 5.92 Å². The number of ether oxygens (including phenoxy) is 2. The van der Waals surface area contributed by atoms with Crippen molar-refractivity contribution in [1.29, 1.82) is 0 Å². The van der Waals surface area contributed by atoms with Gasteiger partial charge < -0.3 is 20.1 Å². The zero-order chi connectivity index (χ0) is 16.7. The van der Waals surface area contributed by atoms with Gasteiger partial charge in [-0.15, -0.1) is 0 Å². The van der Waals surface area contributed by atoms with Crippen LogP contribution in [0.5, 0.6) is 0 Å². The molecule has 0 saturated heterocycles. The Balaban J connectivity index is 1.76.